The Bertz CT molecular complexity index is 1360. The van der Waals surface area contributed by atoms with Crippen LogP contribution in [-0.4, -0.2) is 54.4 Å². The molecule has 0 fully saturated rings. The van der Waals surface area contributed by atoms with Gasteiger partial charge in [0.25, 0.3) is 0 Å². The maximum Gasteiger partial charge on any atom is 0.490 e. The number of fused-ring (bicyclic) bond motifs is 1. The number of carboxylic acids is 2. The van der Waals surface area contributed by atoms with Crippen LogP contribution in [0.3, 0.4) is 0 Å². The lowest BCUT2D eigenvalue weighted by Crippen LogP contribution is -2.21. The van der Waals surface area contributed by atoms with Crippen LogP contribution in [0.1, 0.15) is 11.1 Å². The summed E-state index contributed by atoms with van der Waals surface area (Å²) in [5, 5.41) is 14.2. The highest BCUT2D eigenvalue weighted by Crippen LogP contribution is 2.29. The number of nitrogen functional groups attached to an aromatic ring is 1. The van der Waals surface area contributed by atoms with Gasteiger partial charge in [-0.3, -0.25) is 4.98 Å². The molecule has 0 saturated heterocycles. The fourth-order valence-electron chi connectivity index (χ4n) is 2.86. The molecule has 0 atom stereocenters. The van der Waals surface area contributed by atoms with Crippen LogP contribution in [0.2, 0.25) is 0 Å². The number of imidazole rings is 1. The van der Waals surface area contributed by atoms with Crippen molar-refractivity contribution in [3.63, 3.8) is 0 Å². The number of anilines is 1. The predicted octanol–water partition coefficient (Wildman–Crippen LogP) is 5.35. The highest BCUT2D eigenvalue weighted by atomic mass is 79.9. The van der Waals surface area contributed by atoms with Gasteiger partial charge in [0.05, 0.1) is 15.8 Å². The number of pyridine rings is 1. The number of aliphatic carboxylic acids is 2. The van der Waals surface area contributed by atoms with E-state index >= 15 is 0 Å². The lowest BCUT2D eigenvalue weighted by Gasteiger charge is -2.00. The number of benzene rings is 1. The van der Waals surface area contributed by atoms with Gasteiger partial charge in [0.15, 0.2) is 5.95 Å². The zero-order chi connectivity index (χ0) is 28.7. The number of hydrogen-bond acceptors (Lipinski definition) is 5. The van der Waals surface area contributed by atoms with Crippen LogP contribution in [0.25, 0.3) is 22.4 Å². The standard InChI is InChI=1S/C18H16BrN5.2C2HF3O2/c19-17-12(7-6-11-4-2-1-3-5-11)10-14(22-17)15-16-13(8-9-21-15)23-18(20)24-16;2*3-2(4,5)1(6)7/h1-5,8-10,22H,6-7H2,(H3,20,23,24);2*(H,6,7). The summed E-state index contributed by atoms with van der Waals surface area (Å²) in [6.07, 6.45) is -6.48. The third-order valence-electron chi connectivity index (χ3n) is 4.53. The number of alkyl halides is 6. The third-order valence-corrected chi connectivity index (χ3v) is 5.24. The fraction of sp³-hybridized carbons (Fsp3) is 0.182. The van der Waals surface area contributed by atoms with E-state index in [0.717, 1.165) is 39.9 Å². The molecule has 0 bridgehead atoms. The summed E-state index contributed by atoms with van der Waals surface area (Å²) >= 11 is 3.62. The monoisotopic (exact) mass is 609 g/mol. The van der Waals surface area contributed by atoms with Gasteiger partial charge in [0.1, 0.15) is 11.2 Å². The Morgan fingerprint density at radius 1 is 0.921 bits per heavy atom. The smallest absolute Gasteiger partial charge is 0.475 e. The van der Waals surface area contributed by atoms with Crippen LogP contribution in [0.4, 0.5) is 32.3 Å². The number of halogens is 7. The van der Waals surface area contributed by atoms with Crippen molar-refractivity contribution in [2.45, 2.75) is 25.2 Å². The Morgan fingerprint density at radius 2 is 1.47 bits per heavy atom. The Balaban J connectivity index is 0.000000301. The Hall–Kier alpha value is -4.08. The summed E-state index contributed by atoms with van der Waals surface area (Å²) in [5.74, 6) is -5.12. The molecular weight excluding hydrogens is 592 g/mol. The number of aromatic amines is 2. The van der Waals surface area contributed by atoms with Crippen molar-refractivity contribution in [1.82, 2.24) is 19.9 Å². The van der Waals surface area contributed by atoms with Crippen LogP contribution in [0.15, 0.2) is 53.3 Å². The first-order chi connectivity index (χ1) is 17.6. The van der Waals surface area contributed by atoms with Gasteiger partial charge >= 0.3 is 24.3 Å². The van der Waals surface area contributed by atoms with Crippen molar-refractivity contribution in [3.8, 4) is 11.4 Å². The van der Waals surface area contributed by atoms with Gasteiger partial charge < -0.3 is 25.9 Å². The molecule has 9 nitrogen and oxygen atoms in total. The van der Waals surface area contributed by atoms with Crippen molar-refractivity contribution < 1.29 is 46.1 Å². The number of hydrogen-bond donors (Lipinski definition) is 5. The number of nitrogens with zero attached hydrogens (tertiary/aromatic N) is 2. The second-order valence-corrected chi connectivity index (χ2v) is 8.08. The van der Waals surface area contributed by atoms with Gasteiger partial charge in [0, 0.05) is 6.20 Å². The Kier molecular flexibility index (Phi) is 9.87. The molecule has 3 aromatic heterocycles. The van der Waals surface area contributed by atoms with Crippen LogP contribution in [-0.2, 0) is 22.4 Å². The maximum absolute atomic E-state index is 10.6. The Labute approximate surface area is 217 Å². The number of H-pyrrole nitrogens is 2. The number of rotatable bonds is 4. The molecule has 0 amide bonds. The van der Waals surface area contributed by atoms with Gasteiger partial charge in [-0.2, -0.15) is 26.3 Å². The maximum atomic E-state index is 10.6. The highest BCUT2D eigenvalue weighted by Gasteiger charge is 2.38. The summed E-state index contributed by atoms with van der Waals surface area (Å²) in [5.41, 5.74) is 11.7. The SMILES string of the molecule is Nc1nc2c(-c3cc(CCc4ccccc4)c(Br)[nH]3)nccc2[nH]1.O=C(O)C(F)(F)F.O=C(O)C(F)(F)F. The number of nitrogens with one attached hydrogen (secondary N) is 2. The van der Waals surface area contributed by atoms with Crippen LogP contribution in [0.5, 0.6) is 0 Å². The van der Waals surface area contributed by atoms with Crippen LogP contribution >= 0.6 is 15.9 Å². The molecule has 204 valence electrons. The van der Waals surface area contributed by atoms with Crippen molar-refractivity contribution in [2.24, 2.45) is 0 Å². The minimum Gasteiger partial charge on any atom is -0.475 e. The summed E-state index contributed by atoms with van der Waals surface area (Å²) in [6, 6.07) is 14.5. The molecule has 4 rings (SSSR count). The topological polar surface area (TPSA) is 158 Å². The van der Waals surface area contributed by atoms with Gasteiger partial charge in [0.2, 0.25) is 0 Å². The average molecular weight is 610 g/mol. The third kappa shape index (κ3) is 8.79. The second kappa shape index (κ2) is 12.4. The first-order valence-electron chi connectivity index (χ1n) is 10.2. The van der Waals surface area contributed by atoms with E-state index in [4.69, 9.17) is 25.5 Å². The number of carboxylic acid groups (broad SMARTS) is 2. The molecule has 0 aliphatic heterocycles. The highest BCUT2D eigenvalue weighted by molar-refractivity contribution is 9.10. The predicted molar refractivity (Wildman–Crippen MR) is 127 cm³/mol. The number of carbonyl (C=O) groups is 2. The molecule has 0 unspecified atom stereocenters. The zero-order valence-electron chi connectivity index (χ0n) is 18.9. The first-order valence-corrected chi connectivity index (χ1v) is 11.0. The normalized spacial score (nSPS) is 11.2. The second-order valence-electron chi connectivity index (χ2n) is 7.29. The van der Waals surface area contributed by atoms with Gasteiger partial charge in [-0.25, -0.2) is 14.6 Å². The summed E-state index contributed by atoms with van der Waals surface area (Å²) in [6.45, 7) is 0. The average Bonchev–Trinajstić information content (AvgIpc) is 3.39. The zero-order valence-corrected chi connectivity index (χ0v) is 20.4. The van der Waals surface area contributed by atoms with Crippen molar-refractivity contribution in [3.05, 3.63) is 64.4 Å². The number of nitrogens with two attached hydrogens (primary N) is 1. The first kappa shape index (κ1) is 30.1. The molecule has 0 spiro atoms. The van der Waals surface area contributed by atoms with Gasteiger partial charge in [-0.1, -0.05) is 30.3 Å². The van der Waals surface area contributed by atoms with Gasteiger partial charge in [-0.15, -0.1) is 0 Å². The largest absolute Gasteiger partial charge is 0.490 e. The van der Waals surface area contributed by atoms with Crippen molar-refractivity contribution in [2.75, 3.05) is 5.73 Å². The van der Waals surface area contributed by atoms with Crippen LogP contribution in [0, 0.1) is 0 Å². The lowest BCUT2D eigenvalue weighted by molar-refractivity contribution is -0.193. The van der Waals surface area contributed by atoms with E-state index in [1.165, 1.54) is 11.1 Å². The number of aryl methyl sites for hydroxylation is 2. The van der Waals surface area contributed by atoms with E-state index in [1.54, 1.807) is 6.20 Å². The molecule has 3 heterocycles. The van der Waals surface area contributed by atoms with Gasteiger partial charge in [-0.05, 0) is 52.0 Å². The lowest BCUT2D eigenvalue weighted by atomic mass is 10.1. The van der Waals surface area contributed by atoms with E-state index in [1.807, 2.05) is 12.1 Å². The van der Waals surface area contributed by atoms with Crippen molar-refractivity contribution >= 4 is 44.9 Å². The summed E-state index contributed by atoms with van der Waals surface area (Å²) in [4.78, 5) is 33.0. The molecule has 4 aromatic rings. The van der Waals surface area contributed by atoms with Crippen molar-refractivity contribution in [1.29, 1.82) is 0 Å². The molecule has 38 heavy (non-hydrogen) atoms. The molecular formula is C22H18BrF6N5O4. The van der Waals surface area contributed by atoms with E-state index < -0.39 is 24.3 Å². The van der Waals surface area contributed by atoms with Crippen LogP contribution < -0.4 is 5.73 Å². The Morgan fingerprint density at radius 3 is 2.00 bits per heavy atom. The minimum atomic E-state index is -5.08. The fourth-order valence-corrected chi connectivity index (χ4v) is 3.38. The molecule has 6 N–H and O–H groups in total. The molecule has 0 saturated carbocycles. The summed E-state index contributed by atoms with van der Waals surface area (Å²) < 4.78 is 64.5. The van der Waals surface area contributed by atoms with E-state index in [9.17, 15) is 26.3 Å². The van der Waals surface area contributed by atoms with E-state index in [2.05, 4.69) is 66.2 Å². The molecule has 0 aliphatic rings. The molecule has 1 aromatic carbocycles. The molecule has 0 aliphatic carbocycles. The number of aromatic nitrogens is 4. The van der Waals surface area contributed by atoms with E-state index in [-0.39, 0.29) is 0 Å². The molecule has 0 radical (unpaired) electrons. The minimum absolute atomic E-state index is 0.397. The summed E-state index contributed by atoms with van der Waals surface area (Å²) in [7, 11) is 0. The van der Waals surface area contributed by atoms with E-state index in [0.29, 0.717) is 5.95 Å². The quantitative estimate of drug-likeness (QED) is 0.195. The molecule has 16 heteroatoms.